The summed E-state index contributed by atoms with van der Waals surface area (Å²) in [5.74, 6) is 0.692. The minimum atomic E-state index is 0.0734. The molecule has 0 bridgehead atoms. The number of anilines is 2. The first kappa shape index (κ1) is 23.6. The zero-order chi connectivity index (χ0) is 24.9. The number of nitrogens with zero attached hydrogens (tertiary/aromatic N) is 4. The van der Waals surface area contributed by atoms with Crippen LogP contribution in [0.4, 0.5) is 11.4 Å². The molecule has 1 aliphatic heterocycles. The van der Waals surface area contributed by atoms with Crippen LogP contribution in [0.3, 0.4) is 0 Å². The van der Waals surface area contributed by atoms with Crippen molar-refractivity contribution in [2.45, 2.75) is 13.3 Å². The van der Waals surface area contributed by atoms with Gasteiger partial charge in [0.05, 0.1) is 18.3 Å². The van der Waals surface area contributed by atoms with Gasteiger partial charge in [-0.15, -0.1) is 0 Å². The summed E-state index contributed by atoms with van der Waals surface area (Å²) in [5, 5.41) is 4.69. The molecule has 1 amide bonds. The minimum Gasteiger partial charge on any atom is -0.480 e. The van der Waals surface area contributed by atoms with Crippen molar-refractivity contribution in [3.8, 4) is 5.88 Å². The molecule has 0 saturated carbocycles. The summed E-state index contributed by atoms with van der Waals surface area (Å²) in [5.41, 5.74) is 6.10. The van der Waals surface area contributed by atoms with Crippen molar-refractivity contribution in [1.29, 1.82) is 0 Å². The second-order valence-electron chi connectivity index (χ2n) is 9.01. The summed E-state index contributed by atoms with van der Waals surface area (Å²) in [6.45, 7) is 5.66. The van der Waals surface area contributed by atoms with E-state index in [9.17, 15) is 4.79 Å². The van der Waals surface area contributed by atoms with E-state index >= 15 is 0 Å². The molecule has 1 N–H and O–H groups in total. The van der Waals surface area contributed by atoms with Crippen molar-refractivity contribution >= 4 is 28.2 Å². The highest BCUT2D eigenvalue weighted by molar-refractivity contribution is 5.95. The average molecular weight is 482 g/mol. The second-order valence-corrected chi connectivity index (χ2v) is 9.01. The fourth-order valence-electron chi connectivity index (χ4n) is 4.81. The second kappa shape index (κ2) is 10.6. The topological polar surface area (TPSA) is 70.6 Å². The number of aryl methyl sites for hydroxylation is 1. The number of aromatic nitrogens is 2. The van der Waals surface area contributed by atoms with E-state index in [0.717, 1.165) is 59.5 Å². The van der Waals surface area contributed by atoms with Crippen molar-refractivity contribution in [3.05, 3.63) is 89.7 Å². The maximum Gasteiger partial charge on any atom is 0.253 e. The molecule has 2 aromatic heterocycles. The van der Waals surface area contributed by atoms with Gasteiger partial charge in [-0.25, -0.2) is 4.98 Å². The Kier molecular flexibility index (Phi) is 6.98. The van der Waals surface area contributed by atoms with Crippen LogP contribution in [-0.2, 0) is 6.42 Å². The normalized spacial score (nSPS) is 13.6. The Hall–Kier alpha value is -4.13. The van der Waals surface area contributed by atoms with Crippen molar-refractivity contribution in [2.75, 3.05) is 50.1 Å². The Morgan fingerprint density at radius 2 is 1.75 bits per heavy atom. The summed E-state index contributed by atoms with van der Waals surface area (Å²) < 4.78 is 5.40. The lowest BCUT2D eigenvalue weighted by Crippen LogP contribution is -2.49. The largest absolute Gasteiger partial charge is 0.480 e. The number of piperazine rings is 1. The van der Waals surface area contributed by atoms with Gasteiger partial charge in [0.1, 0.15) is 0 Å². The van der Waals surface area contributed by atoms with Gasteiger partial charge in [0, 0.05) is 61.8 Å². The molecular weight excluding hydrogens is 450 g/mol. The van der Waals surface area contributed by atoms with E-state index in [4.69, 9.17) is 4.74 Å². The van der Waals surface area contributed by atoms with E-state index in [1.807, 2.05) is 54.4 Å². The Morgan fingerprint density at radius 3 is 2.56 bits per heavy atom. The summed E-state index contributed by atoms with van der Waals surface area (Å²) in [4.78, 5) is 26.2. The molecule has 0 spiro atoms. The number of hydrogen-bond donors (Lipinski definition) is 1. The number of pyridine rings is 2. The first-order chi connectivity index (χ1) is 17.6. The number of carbonyl (C=O) groups is 1. The zero-order valence-electron chi connectivity index (χ0n) is 20.8. The highest BCUT2D eigenvalue weighted by atomic mass is 16.5. The fraction of sp³-hybridized carbons (Fsp3) is 0.276. The first-order valence-electron chi connectivity index (χ1n) is 12.3. The Bertz CT molecular complexity index is 1360. The van der Waals surface area contributed by atoms with Gasteiger partial charge < -0.3 is 19.9 Å². The number of fused-ring (bicyclic) bond motifs is 1. The van der Waals surface area contributed by atoms with Gasteiger partial charge in [0.25, 0.3) is 5.91 Å². The monoisotopic (exact) mass is 481 g/mol. The molecule has 2 aromatic carbocycles. The number of benzene rings is 2. The van der Waals surface area contributed by atoms with Crippen LogP contribution in [0.1, 0.15) is 21.5 Å². The number of methoxy groups -OCH3 is 1. The molecule has 184 valence electrons. The maximum absolute atomic E-state index is 13.2. The van der Waals surface area contributed by atoms with E-state index in [0.29, 0.717) is 19.0 Å². The van der Waals surface area contributed by atoms with Gasteiger partial charge in [-0.3, -0.25) is 9.78 Å². The molecule has 1 saturated heterocycles. The number of para-hydroxylation sites is 1. The van der Waals surface area contributed by atoms with Crippen LogP contribution in [0.2, 0.25) is 0 Å². The van der Waals surface area contributed by atoms with Crippen LogP contribution in [0.15, 0.2) is 73.1 Å². The van der Waals surface area contributed by atoms with Crippen LogP contribution in [0.25, 0.3) is 10.9 Å². The van der Waals surface area contributed by atoms with Crippen LogP contribution in [0, 0.1) is 6.92 Å². The lowest BCUT2D eigenvalue weighted by molar-refractivity contribution is 0.0746. The maximum atomic E-state index is 13.2. The molecule has 1 fully saturated rings. The minimum absolute atomic E-state index is 0.0734. The van der Waals surface area contributed by atoms with E-state index in [1.54, 1.807) is 13.3 Å². The molecule has 0 atom stereocenters. The van der Waals surface area contributed by atoms with E-state index in [1.165, 1.54) is 5.56 Å². The van der Waals surface area contributed by atoms with Gasteiger partial charge in [-0.1, -0.05) is 24.3 Å². The molecule has 1 aliphatic rings. The van der Waals surface area contributed by atoms with Gasteiger partial charge in [0.2, 0.25) is 5.88 Å². The van der Waals surface area contributed by atoms with E-state index in [2.05, 4.69) is 44.5 Å². The fourth-order valence-corrected chi connectivity index (χ4v) is 4.81. The molecule has 0 aliphatic carbocycles. The lowest BCUT2D eigenvalue weighted by atomic mass is 10.1. The SMILES string of the molecule is COc1ncccc1N1CCN(C(=O)c2ccc(NCCc3cccc4cccnc34)c(C)c2)CC1. The number of hydrogen-bond acceptors (Lipinski definition) is 6. The van der Waals surface area contributed by atoms with Crippen molar-refractivity contribution in [1.82, 2.24) is 14.9 Å². The zero-order valence-corrected chi connectivity index (χ0v) is 20.8. The van der Waals surface area contributed by atoms with Crippen LogP contribution in [-0.4, -0.2) is 60.6 Å². The summed E-state index contributed by atoms with van der Waals surface area (Å²) in [7, 11) is 1.63. The van der Waals surface area contributed by atoms with E-state index < -0.39 is 0 Å². The number of amides is 1. The molecule has 5 rings (SSSR count). The smallest absolute Gasteiger partial charge is 0.253 e. The predicted octanol–water partition coefficient (Wildman–Crippen LogP) is 4.56. The van der Waals surface area contributed by atoms with Gasteiger partial charge in [-0.05, 0) is 60.9 Å². The van der Waals surface area contributed by atoms with Crippen molar-refractivity contribution in [3.63, 3.8) is 0 Å². The molecular formula is C29H31N5O2. The standard InChI is InChI=1S/C29H31N5O2/c1-21-20-24(29(35)34-18-16-33(17-19-34)26-9-5-14-32-28(26)36-2)10-11-25(21)30-15-12-23-7-3-6-22-8-4-13-31-27(22)23/h3-11,13-14,20,30H,12,15-19H2,1-2H3. The molecule has 7 heteroatoms. The summed E-state index contributed by atoms with van der Waals surface area (Å²) in [6, 6.07) is 20.2. The molecule has 3 heterocycles. The van der Waals surface area contributed by atoms with Crippen LogP contribution in [0.5, 0.6) is 5.88 Å². The molecule has 36 heavy (non-hydrogen) atoms. The third-order valence-corrected chi connectivity index (χ3v) is 6.75. The summed E-state index contributed by atoms with van der Waals surface area (Å²) >= 11 is 0. The number of ether oxygens (including phenoxy) is 1. The van der Waals surface area contributed by atoms with Gasteiger partial charge in [0.15, 0.2) is 0 Å². The van der Waals surface area contributed by atoms with Crippen molar-refractivity contribution < 1.29 is 9.53 Å². The van der Waals surface area contributed by atoms with Crippen LogP contribution >= 0.6 is 0 Å². The summed E-state index contributed by atoms with van der Waals surface area (Å²) in [6.07, 6.45) is 4.44. The number of nitrogens with one attached hydrogen (secondary N) is 1. The first-order valence-corrected chi connectivity index (χ1v) is 12.3. The molecule has 0 radical (unpaired) electrons. The highest BCUT2D eigenvalue weighted by Crippen LogP contribution is 2.26. The quantitative estimate of drug-likeness (QED) is 0.417. The molecule has 4 aromatic rings. The van der Waals surface area contributed by atoms with Crippen molar-refractivity contribution in [2.24, 2.45) is 0 Å². The Balaban J connectivity index is 1.18. The van der Waals surface area contributed by atoms with Crippen LogP contribution < -0.4 is 15.0 Å². The Morgan fingerprint density at radius 1 is 0.972 bits per heavy atom. The Labute approximate surface area is 211 Å². The third kappa shape index (κ3) is 4.96. The molecule has 0 unspecified atom stereocenters. The molecule has 7 nitrogen and oxygen atoms in total. The van der Waals surface area contributed by atoms with Gasteiger partial charge in [-0.2, -0.15) is 0 Å². The lowest BCUT2D eigenvalue weighted by Gasteiger charge is -2.36. The van der Waals surface area contributed by atoms with E-state index in [-0.39, 0.29) is 5.91 Å². The third-order valence-electron chi connectivity index (χ3n) is 6.75. The number of carbonyl (C=O) groups excluding carboxylic acids is 1. The number of rotatable bonds is 7. The average Bonchev–Trinajstić information content (AvgIpc) is 2.93. The van der Waals surface area contributed by atoms with Gasteiger partial charge >= 0.3 is 0 Å². The predicted molar refractivity (Wildman–Crippen MR) is 144 cm³/mol. The highest BCUT2D eigenvalue weighted by Gasteiger charge is 2.24.